The molecule has 1 heterocycles. The molecule has 1 aromatic heterocycles. The van der Waals surface area contributed by atoms with E-state index in [0.29, 0.717) is 0 Å². The molecule has 0 saturated heterocycles. The molecule has 0 radical (unpaired) electrons. The van der Waals surface area contributed by atoms with Crippen LogP contribution < -0.4 is 5.32 Å². The number of hydrogen-bond donors (Lipinski definition) is 1. The molecule has 5 heteroatoms. The third-order valence-electron chi connectivity index (χ3n) is 2.34. The van der Waals surface area contributed by atoms with Crippen LogP contribution in [0.1, 0.15) is 10.6 Å². The maximum Gasteiger partial charge on any atom is 0.147 e. The SMILES string of the molecule is CNCCc1nnc(-c2cc(C)cc(Cl)c2)s1. The van der Waals surface area contributed by atoms with E-state index in [-0.39, 0.29) is 0 Å². The molecule has 0 amide bonds. The molecule has 0 bridgehead atoms. The van der Waals surface area contributed by atoms with E-state index >= 15 is 0 Å². The largest absolute Gasteiger partial charge is 0.319 e. The summed E-state index contributed by atoms with van der Waals surface area (Å²) in [4.78, 5) is 0. The lowest BCUT2D eigenvalue weighted by atomic mass is 10.1. The van der Waals surface area contributed by atoms with Crippen molar-refractivity contribution in [3.63, 3.8) is 0 Å². The Labute approximate surface area is 110 Å². The minimum Gasteiger partial charge on any atom is -0.319 e. The summed E-state index contributed by atoms with van der Waals surface area (Å²) in [6.07, 6.45) is 0.910. The lowest BCUT2D eigenvalue weighted by Gasteiger charge is -1.99. The van der Waals surface area contributed by atoms with E-state index in [1.165, 1.54) is 0 Å². The Kier molecular flexibility index (Phi) is 4.10. The molecule has 1 aromatic carbocycles. The fourth-order valence-electron chi connectivity index (χ4n) is 1.56. The average Bonchev–Trinajstić information content (AvgIpc) is 2.73. The third-order valence-corrected chi connectivity index (χ3v) is 3.60. The zero-order valence-electron chi connectivity index (χ0n) is 9.83. The van der Waals surface area contributed by atoms with Crippen molar-refractivity contribution in [1.82, 2.24) is 15.5 Å². The van der Waals surface area contributed by atoms with Gasteiger partial charge in [-0.1, -0.05) is 22.9 Å². The van der Waals surface area contributed by atoms with E-state index in [2.05, 4.69) is 21.6 Å². The van der Waals surface area contributed by atoms with Gasteiger partial charge in [-0.3, -0.25) is 0 Å². The summed E-state index contributed by atoms with van der Waals surface area (Å²) in [7, 11) is 1.93. The summed E-state index contributed by atoms with van der Waals surface area (Å²) in [6, 6.07) is 5.94. The number of hydrogen-bond acceptors (Lipinski definition) is 4. The van der Waals surface area contributed by atoms with Gasteiger partial charge in [0.2, 0.25) is 0 Å². The summed E-state index contributed by atoms with van der Waals surface area (Å²) in [5, 5.41) is 14.2. The molecule has 0 spiro atoms. The van der Waals surface area contributed by atoms with Crippen LogP contribution in [0.15, 0.2) is 18.2 Å². The minimum atomic E-state index is 0.743. The molecule has 0 fully saturated rings. The molecule has 0 aliphatic rings. The minimum absolute atomic E-state index is 0.743. The molecule has 2 rings (SSSR count). The topological polar surface area (TPSA) is 37.8 Å². The highest BCUT2D eigenvalue weighted by atomic mass is 35.5. The number of aromatic nitrogens is 2. The van der Waals surface area contributed by atoms with Crippen LogP contribution in [0.25, 0.3) is 10.6 Å². The van der Waals surface area contributed by atoms with E-state index in [1.807, 2.05) is 26.1 Å². The van der Waals surface area contributed by atoms with Crippen LogP contribution in [-0.2, 0) is 6.42 Å². The van der Waals surface area contributed by atoms with Gasteiger partial charge in [-0.2, -0.15) is 0 Å². The molecule has 0 aliphatic heterocycles. The highest BCUT2D eigenvalue weighted by Crippen LogP contribution is 2.27. The van der Waals surface area contributed by atoms with Gasteiger partial charge in [0, 0.05) is 23.6 Å². The monoisotopic (exact) mass is 267 g/mol. The van der Waals surface area contributed by atoms with Crippen LogP contribution in [0.5, 0.6) is 0 Å². The van der Waals surface area contributed by atoms with Crippen molar-refractivity contribution in [2.45, 2.75) is 13.3 Å². The van der Waals surface area contributed by atoms with E-state index in [1.54, 1.807) is 11.3 Å². The quantitative estimate of drug-likeness (QED) is 0.926. The van der Waals surface area contributed by atoms with Crippen molar-refractivity contribution < 1.29 is 0 Å². The molecule has 0 atom stereocenters. The number of nitrogens with one attached hydrogen (secondary N) is 1. The first-order valence-corrected chi connectivity index (χ1v) is 6.63. The average molecular weight is 268 g/mol. The molecule has 0 aliphatic carbocycles. The van der Waals surface area contributed by atoms with E-state index in [9.17, 15) is 0 Å². The number of benzene rings is 1. The number of halogens is 1. The van der Waals surface area contributed by atoms with Crippen LogP contribution in [0, 0.1) is 6.92 Å². The van der Waals surface area contributed by atoms with Crippen LogP contribution in [-0.4, -0.2) is 23.8 Å². The normalized spacial score (nSPS) is 10.8. The fraction of sp³-hybridized carbons (Fsp3) is 0.333. The van der Waals surface area contributed by atoms with Crippen molar-refractivity contribution >= 4 is 22.9 Å². The van der Waals surface area contributed by atoms with Crippen LogP contribution in [0.4, 0.5) is 0 Å². The maximum absolute atomic E-state index is 6.04. The van der Waals surface area contributed by atoms with Gasteiger partial charge in [0.05, 0.1) is 0 Å². The Hall–Kier alpha value is -0.970. The van der Waals surface area contributed by atoms with Crippen LogP contribution in [0.3, 0.4) is 0 Å². The first-order chi connectivity index (χ1) is 8.19. The van der Waals surface area contributed by atoms with Gasteiger partial charge in [-0.15, -0.1) is 10.2 Å². The van der Waals surface area contributed by atoms with Gasteiger partial charge in [0.1, 0.15) is 10.0 Å². The molecule has 3 nitrogen and oxygen atoms in total. The Morgan fingerprint density at radius 3 is 2.82 bits per heavy atom. The van der Waals surface area contributed by atoms with E-state index < -0.39 is 0 Å². The van der Waals surface area contributed by atoms with Gasteiger partial charge >= 0.3 is 0 Å². The highest BCUT2D eigenvalue weighted by Gasteiger charge is 2.07. The second-order valence-corrected chi connectivity index (χ2v) is 5.37. The first-order valence-electron chi connectivity index (χ1n) is 5.43. The van der Waals surface area contributed by atoms with Gasteiger partial charge in [-0.25, -0.2) is 0 Å². The van der Waals surface area contributed by atoms with Crippen molar-refractivity contribution in [3.8, 4) is 10.6 Å². The van der Waals surface area contributed by atoms with Crippen molar-refractivity contribution in [2.75, 3.05) is 13.6 Å². The molecule has 90 valence electrons. The Morgan fingerprint density at radius 2 is 2.12 bits per heavy atom. The van der Waals surface area contributed by atoms with Crippen molar-refractivity contribution in [3.05, 3.63) is 33.8 Å². The smallest absolute Gasteiger partial charge is 0.147 e. The van der Waals surface area contributed by atoms with Crippen molar-refractivity contribution in [2.24, 2.45) is 0 Å². The van der Waals surface area contributed by atoms with E-state index in [0.717, 1.165) is 39.1 Å². The van der Waals surface area contributed by atoms with Gasteiger partial charge in [0.15, 0.2) is 0 Å². The third kappa shape index (κ3) is 3.25. The Bertz CT molecular complexity index is 490. The predicted octanol–water partition coefficient (Wildman–Crippen LogP) is 2.93. The summed E-state index contributed by atoms with van der Waals surface area (Å²) < 4.78 is 0. The molecule has 2 aromatic rings. The summed E-state index contributed by atoms with van der Waals surface area (Å²) in [5.41, 5.74) is 2.18. The lowest BCUT2D eigenvalue weighted by Crippen LogP contribution is -2.09. The summed E-state index contributed by atoms with van der Waals surface area (Å²) in [5.74, 6) is 0. The molecular formula is C12H14ClN3S. The lowest BCUT2D eigenvalue weighted by molar-refractivity contribution is 0.779. The summed E-state index contributed by atoms with van der Waals surface area (Å²) >= 11 is 7.66. The zero-order chi connectivity index (χ0) is 12.3. The standard InChI is InChI=1S/C12H14ClN3S/c1-8-5-9(7-10(13)6-8)12-16-15-11(17-12)3-4-14-2/h5-7,14H,3-4H2,1-2H3. The predicted molar refractivity (Wildman–Crippen MR) is 72.7 cm³/mol. The van der Waals surface area contributed by atoms with Crippen LogP contribution >= 0.6 is 22.9 Å². The molecule has 17 heavy (non-hydrogen) atoms. The van der Waals surface area contributed by atoms with E-state index in [4.69, 9.17) is 11.6 Å². The molecule has 1 N–H and O–H groups in total. The zero-order valence-corrected chi connectivity index (χ0v) is 11.4. The second-order valence-electron chi connectivity index (χ2n) is 3.87. The summed E-state index contributed by atoms with van der Waals surface area (Å²) in [6.45, 7) is 2.95. The van der Waals surface area contributed by atoms with Crippen LogP contribution in [0.2, 0.25) is 5.02 Å². The maximum atomic E-state index is 6.04. The highest BCUT2D eigenvalue weighted by molar-refractivity contribution is 7.14. The second kappa shape index (κ2) is 5.58. The Morgan fingerprint density at radius 1 is 1.29 bits per heavy atom. The van der Waals surface area contributed by atoms with Crippen molar-refractivity contribution in [1.29, 1.82) is 0 Å². The van der Waals surface area contributed by atoms with Gasteiger partial charge in [-0.05, 0) is 37.7 Å². The van der Waals surface area contributed by atoms with Gasteiger partial charge in [0.25, 0.3) is 0 Å². The Balaban J connectivity index is 2.24. The number of aryl methyl sites for hydroxylation is 1. The number of nitrogens with zero attached hydrogens (tertiary/aromatic N) is 2. The number of likely N-dealkylation sites (N-methyl/N-ethyl adjacent to an activating group) is 1. The molecule has 0 saturated carbocycles. The first kappa shape index (κ1) is 12.5. The molecule has 0 unspecified atom stereocenters. The fourth-order valence-corrected chi connectivity index (χ4v) is 2.68. The van der Waals surface area contributed by atoms with Gasteiger partial charge < -0.3 is 5.32 Å². The molecular weight excluding hydrogens is 254 g/mol. The number of rotatable bonds is 4.